The zero-order valence-electron chi connectivity index (χ0n) is 13.5. The molecule has 6 nitrogen and oxygen atoms in total. The Morgan fingerprint density at radius 2 is 1.96 bits per heavy atom. The monoisotopic (exact) mass is 367 g/mol. The van der Waals surface area contributed by atoms with Gasteiger partial charge in [0.1, 0.15) is 11.5 Å². The molecule has 8 heteroatoms. The maximum atomic E-state index is 12.0. The lowest BCUT2D eigenvalue weighted by molar-refractivity contribution is 0.0947. The molecule has 0 unspecified atom stereocenters. The largest absolute Gasteiger partial charge is 0.351 e. The minimum absolute atomic E-state index is 0.234. The van der Waals surface area contributed by atoms with E-state index in [9.17, 15) is 4.79 Å². The molecule has 2 aromatic rings. The Kier molecular flexibility index (Phi) is 6.78. The second-order valence-electron chi connectivity index (χ2n) is 5.45. The summed E-state index contributed by atoms with van der Waals surface area (Å²) in [5.74, 6) is 0.278. The molecule has 1 aromatic heterocycles. The zero-order chi connectivity index (χ0) is 17.5. The SMILES string of the molecule is CN(C)CCCNC(=O)c1cnc(Nc2ccc(Cl)c(Cl)c2)cn1. The molecule has 0 fully saturated rings. The quantitative estimate of drug-likeness (QED) is 0.735. The van der Waals surface area contributed by atoms with Gasteiger partial charge < -0.3 is 15.5 Å². The molecule has 128 valence electrons. The van der Waals surface area contributed by atoms with Crippen LogP contribution < -0.4 is 10.6 Å². The first-order valence-corrected chi connectivity index (χ1v) is 8.18. The number of carbonyl (C=O) groups is 1. The average Bonchev–Trinajstić information content (AvgIpc) is 2.55. The van der Waals surface area contributed by atoms with Gasteiger partial charge in [0.2, 0.25) is 0 Å². The minimum atomic E-state index is -0.234. The van der Waals surface area contributed by atoms with Crippen molar-refractivity contribution >= 4 is 40.6 Å². The van der Waals surface area contributed by atoms with E-state index >= 15 is 0 Å². The Morgan fingerprint density at radius 3 is 2.58 bits per heavy atom. The van der Waals surface area contributed by atoms with Crippen LogP contribution in [-0.2, 0) is 0 Å². The minimum Gasteiger partial charge on any atom is -0.351 e. The van der Waals surface area contributed by atoms with Crippen molar-refractivity contribution in [3.8, 4) is 0 Å². The van der Waals surface area contributed by atoms with Crippen LogP contribution in [-0.4, -0.2) is 48.0 Å². The predicted octanol–water partition coefficient (Wildman–Crippen LogP) is 3.21. The van der Waals surface area contributed by atoms with Gasteiger partial charge in [0.05, 0.1) is 22.4 Å². The first kappa shape index (κ1) is 18.4. The molecule has 0 atom stereocenters. The molecule has 0 aliphatic rings. The Bertz CT molecular complexity index is 691. The molecule has 24 heavy (non-hydrogen) atoms. The van der Waals surface area contributed by atoms with Gasteiger partial charge in [-0.2, -0.15) is 0 Å². The second kappa shape index (κ2) is 8.82. The van der Waals surface area contributed by atoms with Crippen LogP contribution in [0.4, 0.5) is 11.5 Å². The molecule has 0 bridgehead atoms. The Balaban J connectivity index is 1.90. The molecule has 0 radical (unpaired) electrons. The third kappa shape index (κ3) is 5.63. The summed E-state index contributed by atoms with van der Waals surface area (Å²) in [6, 6.07) is 5.16. The first-order valence-electron chi connectivity index (χ1n) is 7.43. The highest BCUT2D eigenvalue weighted by molar-refractivity contribution is 6.42. The van der Waals surface area contributed by atoms with Crippen molar-refractivity contribution in [2.75, 3.05) is 32.5 Å². The van der Waals surface area contributed by atoms with E-state index < -0.39 is 0 Å². The van der Waals surface area contributed by atoms with E-state index in [4.69, 9.17) is 23.2 Å². The number of carbonyl (C=O) groups excluding carboxylic acids is 1. The van der Waals surface area contributed by atoms with E-state index in [1.165, 1.54) is 12.4 Å². The summed E-state index contributed by atoms with van der Waals surface area (Å²) in [5, 5.41) is 6.79. The van der Waals surface area contributed by atoms with Gasteiger partial charge in [0.15, 0.2) is 0 Å². The van der Waals surface area contributed by atoms with E-state index in [0.29, 0.717) is 22.4 Å². The lowest BCUT2D eigenvalue weighted by Gasteiger charge is -2.10. The Hall–Kier alpha value is -1.89. The van der Waals surface area contributed by atoms with Gasteiger partial charge in [-0.25, -0.2) is 9.97 Å². The normalized spacial score (nSPS) is 10.7. The van der Waals surface area contributed by atoms with Gasteiger partial charge in [-0.3, -0.25) is 4.79 Å². The fourth-order valence-electron chi connectivity index (χ4n) is 1.92. The summed E-state index contributed by atoms with van der Waals surface area (Å²) in [4.78, 5) is 22.3. The number of hydrogen-bond acceptors (Lipinski definition) is 5. The fourth-order valence-corrected chi connectivity index (χ4v) is 2.22. The van der Waals surface area contributed by atoms with Crippen LogP contribution in [0.25, 0.3) is 0 Å². The summed E-state index contributed by atoms with van der Waals surface area (Å²) in [6.07, 6.45) is 3.81. The summed E-state index contributed by atoms with van der Waals surface area (Å²) in [6.45, 7) is 1.51. The molecule has 0 aliphatic carbocycles. The van der Waals surface area contributed by atoms with E-state index in [2.05, 4.69) is 25.5 Å². The summed E-state index contributed by atoms with van der Waals surface area (Å²) < 4.78 is 0. The van der Waals surface area contributed by atoms with Crippen molar-refractivity contribution in [3.63, 3.8) is 0 Å². The second-order valence-corrected chi connectivity index (χ2v) is 6.27. The van der Waals surface area contributed by atoms with Crippen molar-refractivity contribution in [3.05, 3.63) is 46.3 Å². The Morgan fingerprint density at radius 1 is 1.17 bits per heavy atom. The lowest BCUT2D eigenvalue weighted by Crippen LogP contribution is -2.27. The highest BCUT2D eigenvalue weighted by Gasteiger charge is 2.08. The summed E-state index contributed by atoms with van der Waals surface area (Å²) in [5.41, 5.74) is 1.01. The van der Waals surface area contributed by atoms with E-state index in [0.717, 1.165) is 18.7 Å². The van der Waals surface area contributed by atoms with Crippen LogP contribution >= 0.6 is 23.2 Å². The zero-order valence-corrected chi connectivity index (χ0v) is 15.0. The molecule has 2 rings (SSSR count). The van der Waals surface area contributed by atoms with Crippen molar-refractivity contribution in [1.82, 2.24) is 20.2 Å². The van der Waals surface area contributed by atoms with Crippen LogP contribution in [0.2, 0.25) is 10.0 Å². The van der Waals surface area contributed by atoms with Gasteiger partial charge in [-0.1, -0.05) is 23.2 Å². The molecule has 1 aromatic carbocycles. The number of rotatable bonds is 7. The third-order valence-corrected chi connectivity index (χ3v) is 3.88. The topological polar surface area (TPSA) is 70.2 Å². The van der Waals surface area contributed by atoms with Crippen molar-refractivity contribution in [2.24, 2.45) is 0 Å². The maximum Gasteiger partial charge on any atom is 0.271 e. The summed E-state index contributed by atoms with van der Waals surface area (Å²) in [7, 11) is 3.99. The first-order chi connectivity index (χ1) is 11.5. The molecular weight excluding hydrogens is 349 g/mol. The standard InChI is InChI=1S/C16H19Cl2N5O/c1-23(2)7-3-6-19-16(24)14-9-21-15(10-20-14)22-11-4-5-12(17)13(18)8-11/h4-5,8-10H,3,6-7H2,1-2H3,(H,19,24)(H,21,22). The molecule has 0 saturated carbocycles. The van der Waals surface area contributed by atoms with Crippen molar-refractivity contribution < 1.29 is 4.79 Å². The number of nitrogens with zero attached hydrogens (tertiary/aromatic N) is 3. The molecule has 0 aliphatic heterocycles. The number of aromatic nitrogens is 2. The molecule has 0 saturated heterocycles. The van der Waals surface area contributed by atoms with Crippen LogP contribution in [0, 0.1) is 0 Å². The van der Waals surface area contributed by atoms with E-state index in [-0.39, 0.29) is 11.6 Å². The molecule has 1 amide bonds. The van der Waals surface area contributed by atoms with Crippen molar-refractivity contribution in [2.45, 2.75) is 6.42 Å². The molecular formula is C16H19Cl2N5O. The highest BCUT2D eigenvalue weighted by Crippen LogP contribution is 2.26. The maximum absolute atomic E-state index is 12.0. The number of amides is 1. The lowest BCUT2D eigenvalue weighted by atomic mass is 10.3. The number of hydrogen-bond donors (Lipinski definition) is 2. The number of anilines is 2. The predicted molar refractivity (Wildman–Crippen MR) is 97.3 cm³/mol. The molecule has 0 spiro atoms. The van der Waals surface area contributed by atoms with Crippen LogP contribution in [0.15, 0.2) is 30.6 Å². The smallest absolute Gasteiger partial charge is 0.271 e. The summed E-state index contributed by atoms with van der Waals surface area (Å²) >= 11 is 11.8. The average molecular weight is 368 g/mol. The highest BCUT2D eigenvalue weighted by atomic mass is 35.5. The van der Waals surface area contributed by atoms with E-state index in [1.807, 2.05) is 14.1 Å². The van der Waals surface area contributed by atoms with Gasteiger partial charge >= 0.3 is 0 Å². The Labute approximate surface area is 151 Å². The van der Waals surface area contributed by atoms with Gasteiger partial charge in [-0.15, -0.1) is 0 Å². The van der Waals surface area contributed by atoms with Crippen LogP contribution in [0.1, 0.15) is 16.9 Å². The number of nitrogens with one attached hydrogen (secondary N) is 2. The van der Waals surface area contributed by atoms with Crippen LogP contribution in [0.3, 0.4) is 0 Å². The van der Waals surface area contributed by atoms with Gasteiger partial charge in [-0.05, 0) is 45.3 Å². The van der Waals surface area contributed by atoms with Gasteiger partial charge in [0, 0.05) is 12.2 Å². The van der Waals surface area contributed by atoms with Crippen molar-refractivity contribution in [1.29, 1.82) is 0 Å². The molecule has 2 N–H and O–H groups in total. The van der Waals surface area contributed by atoms with Gasteiger partial charge in [0.25, 0.3) is 5.91 Å². The van der Waals surface area contributed by atoms with E-state index in [1.54, 1.807) is 18.2 Å². The van der Waals surface area contributed by atoms with Crippen LogP contribution in [0.5, 0.6) is 0 Å². The third-order valence-electron chi connectivity index (χ3n) is 3.14. The number of benzene rings is 1. The number of halogens is 2. The fraction of sp³-hybridized carbons (Fsp3) is 0.312. The molecule has 1 heterocycles.